The number of pyridine rings is 1. The third-order valence-corrected chi connectivity index (χ3v) is 5.29. The summed E-state index contributed by atoms with van der Waals surface area (Å²) in [6.45, 7) is 4.59. The van der Waals surface area contributed by atoms with Crippen molar-refractivity contribution in [2.45, 2.75) is 39.3 Å². The second kappa shape index (κ2) is 8.35. The molecule has 0 aliphatic carbocycles. The van der Waals surface area contributed by atoms with Crippen LogP contribution in [0.5, 0.6) is 0 Å². The summed E-state index contributed by atoms with van der Waals surface area (Å²) >= 11 is 5.96. The van der Waals surface area contributed by atoms with E-state index in [0.29, 0.717) is 16.4 Å². The number of halogens is 1. The molecule has 0 bridgehead atoms. The molecule has 1 aliphatic heterocycles. The highest BCUT2D eigenvalue weighted by atomic mass is 35.5. The zero-order valence-electron chi connectivity index (χ0n) is 16.5. The first-order chi connectivity index (χ1) is 14.0. The minimum absolute atomic E-state index is 0.0271. The van der Waals surface area contributed by atoms with E-state index in [9.17, 15) is 4.79 Å². The van der Waals surface area contributed by atoms with E-state index < -0.39 is 0 Å². The van der Waals surface area contributed by atoms with Gasteiger partial charge in [-0.1, -0.05) is 23.7 Å². The lowest BCUT2D eigenvalue weighted by atomic mass is 10.1. The molecule has 1 aliphatic rings. The molecule has 4 rings (SSSR count). The number of anilines is 1. The Morgan fingerprint density at radius 1 is 1.28 bits per heavy atom. The summed E-state index contributed by atoms with van der Waals surface area (Å²) < 4.78 is 7.89. The fourth-order valence-corrected chi connectivity index (χ4v) is 3.69. The number of carbonyl (C=O) groups excluding carboxylic acids is 1. The third-order valence-electron chi connectivity index (χ3n) is 5.08. The molecule has 1 saturated heterocycles. The topological polar surface area (TPSA) is 69.0 Å². The summed E-state index contributed by atoms with van der Waals surface area (Å²) in [4.78, 5) is 16.5. The minimum atomic E-state index is -0.238. The summed E-state index contributed by atoms with van der Waals surface area (Å²) in [6.07, 6.45) is 8.02. The number of nitrogens with zero attached hydrogens (tertiary/aromatic N) is 3. The first-order valence-corrected chi connectivity index (χ1v) is 10.1. The Hall–Kier alpha value is -2.70. The summed E-state index contributed by atoms with van der Waals surface area (Å²) in [5.74, 6) is -0.238. The maximum absolute atomic E-state index is 12.3. The molecular weight excluding hydrogens is 388 g/mol. The molecule has 29 heavy (non-hydrogen) atoms. The van der Waals surface area contributed by atoms with Crippen molar-refractivity contribution in [1.29, 1.82) is 0 Å². The van der Waals surface area contributed by atoms with Crippen LogP contribution in [-0.4, -0.2) is 27.3 Å². The van der Waals surface area contributed by atoms with Gasteiger partial charge in [0.2, 0.25) is 5.91 Å². The highest BCUT2D eigenvalue weighted by molar-refractivity contribution is 6.30. The largest absolute Gasteiger partial charge is 0.356 e. The lowest BCUT2D eigenvalue weighted by molar-refractivity contribution is -0.111. The number of aryl methyl sites for hydroxylation is 2. The first-order valence-electron chi connectivity index (χ1n) is 9.73. The Morgan fingerprint density at radius 3 is 2.93 bits per heavy atom. The molecule has 0 saturated carbocycles. The second-order valence-corrected chi connectivity index (χ2v) is 7.67. The molecule has 2 aromatic heterocycles. The SMILES string of the molecule is Cc1ncc(Cl)cc1NC(=O)/C=C/c1ccc2c(C)nn(C3CCCCO3)c2c1. The van der Waals surface area contributed by atoms with Crippen LogP contribution >= 0.6 is 11.6 Å². The van der Waals surface area contributed by atoms with Crippen molar-refractivity contribution in [2.24, 2.45) is 0 Å². The van der Waals surface area contributed by atoms with Crippen LogP contribution in [0.2, 0.25) is 5.02 Å². The van der Waals surface area contributed by atoms with Crippen LogP contribution in [0.4, 0.5) is 5.69 Å². The second-order valence-electron chi connectivity index (χ2n) is 7.24. The molecule has 7 heteroatoms. The van der Waals surface area contributed by atoms with Crippen LogP contribution in [0.25, 0.3) is 17.0 Å². The van der Waals surface area contributed by atoms with E-state index in [2.05, 4.69) is 10.3 Å². The van der Waals surface area contributed by atoms with Crippen molar-refractivity contribution in [3.05, 3.63) is 58.5 Å². The van der Waals surface area contributed by atoms with Gasteiger partial charge in [-0.25, -0.2) is 4.68 Å². The molecular formula is C22H23ClN4O2. The predicted octanol–water partition coefficient (Wildman–Crippen LogP) is 5.05. The van der Waals surface area contributed by atoms with Gasteiger partial charge in [-0.2, -0.15) is 5.10 Å². The van der Waals surface area contributed by atoms with Gasteiger partial charge in [0.25, 0.3) is 0 Å². The first kappa shape index (κ1) is 19.6. The van der Waals surface area contributed by atoms with Crippen LogP contribution in [0.15, 0.2) is 36.5 Å². The van der Waals surface area contributed by atoms with Gasteiger partial charge in [0.15, 0.2) is 6.23 Å². The lowest BCUT2D eigenvalue weighted by Gasteiger charge is -2.23. The molecule has 0 spiro atoms. The van der Waals surface area contributed by atoms with Gasteiger partial charge in [0.05, 0.1) is 27.6 Å². The van der Waals surface area contributed by atoms with Gasteiger partial charge in [-0.15, -0.1) is 0 Å². The number of ether oxygens (including phenoxy) is 1. The number of fused-ring (bicyclic) bond motifs is 1. The number of aromatic nitrogens is 3. The minimum Gasteiger partial charge on any atom is -0.356 e. The highest BCUT2D eigenvalue weighted by Gasteiger charge is 2.20. The van der Waals surface area contributed by atoms with E-state index in [1.165, 1.54) is 6.08 Å². The molecule has 0 radical (unpaired) electrons. The van der Waals surface area contributed by atoms with E-state index >= 15 is 0 Å². The molecule has 150 valence electrons. The molecule has 3 aromatic rings. The number of hydrogen-bond acceptors (Lipinski definition) is 4. The normalized spacial score (nSPS) is 17.1. The Labute approximate surface area is 174 Å². The van der Waals surface area contributed by atoms with Crippen molar-refractivity contribution in [2.75, 3.05) is 11.9 Å². The Morgan fingerprint density at radius 2 is 2.14 bits per heavy atom. The van der Waals surface area contributed by atoms with Gasteiger partial charge in [-0.05, 0) is 56.9 Å². The van der Waals surface area contributed by atoms with Crippen molar-refractivity contribution in [3.8, 4) is 0 Å². The van der Waals surface area contributed by atoms with Crippen LogP contribution in [0.1, 0.15) is 42.4 Å². The maximum atomic E-state index is 12.3. The van der Waals surface area contributed by atoms with Gasteiger partial charge < -0.3 is 10.1 Å². The Balaban J connectivity index is 1.56. The third kappa shape index (κ3) is 4.33. The maximum Gasteiger partial charge on any atom is 0.248 e. The standard InChI is InChI=1S/C22H23ClN4O2/c1-14-18-8-6-16(11-20(18)27(26-14)22-5-3-4-10-29-22)7-9-21(28)25-19-12-17(23)13-24-15(19)2/h6-9,11-13,22H,3-5,10H2,1-2H3,(H,25,28)/b9-7+. The highest BCUT2D eigenvalue weighted by Crippen LogP contribution is 2.28. The van der Waals surface area contributed by atoms with E-state index in [0.717, 1.165) is 48.0 Å². The fraction of sp³-hybridized carbons (Fsp3) is 0.318. The molecule has 1 N–H and O–H groups in total. The summed E-state index contributed by atoms with van der Waals surface area (Å²) in [5, 5.41) is 9.09. The monoisotopic (exact) mass is 410 g/mol. The summed E-state index contributed by atoms with van der Waals surface area (Å²) in [5.41, 5.74) is 4.24. The summed E-state index contributed by atoms with van der Waals surface area (Å²) in [7, 11) is 0. The van der Waals surface area contributed by atoms with E-state index in [4.69, 9.17) is 21.4 Å². The molecule has 1 unspecified atom stereocenters. The fourth-order valence-electron chi connectivity index (χ4n) is 3.53. The van der Waals surface area contributed by atoms with Gasteiger partial charge >= 0.3 is 0 Å². The number of amides is 1. The quantitative estimate of drug-likeness (QED) is 0.611. The molecule has 1 atom stereocenters. The van der Waals surface area contributed by atoms with Crippen molar-refractivity contribution >= 4 is 40.2 Å². The van der Waals surface area contributed by atoms with Crippen LogP contribution in [0, 0.1) is 13.8 Å². The number of nitrogens with one attached hydrogen (secondary N) is 1. The van der Waals surface area contributed by atoms with Crippen molar-refractivity contribution in [1.82, 2.24) is 14.8 Å². The van der Waals surface area contributed by atoms with Gasteiger partial charge in [-0.3, -0.25) is 9.78 Å². The smallest absolute Gasteiger partial charge is 0.248 e. The molecule has 6 nitrogen and oxygen atoms in total. The average molecular weight is 411 g/mol. The Bertz CT molecular complexity index is 1080. The zero-order valence-corrected chi connectivity index (χ0v) is 17.2. The van der Waals surface area contributed by atoms with E-state index in [1.54, 1.807) is 18.3 Å². The van der Waals surface area contributed by atoms with E-state index in [-0.39, 0.29) is 12.1 Å². The Kier molecular flexibility index (Phi) is 5.65. The number of rotatable bonds is 4. The molecule has 3 heterocycles. The molecule has 1 aromatic carbocycles. The number of carbonyl (C=O) groups is 1. The van der Waals surface area contributed by atoms with Crippen LogP contribution in [-0.2, 0) is 9.53 Å². The van der Waals surface area contributed by atoms with Gasteiger partial charge in [0.1, 0.15) is 0 Å². The average Bonchev–Trinajstić information content (AvgIpc) is 3.06. The van der Waals surface area contributed by atoms with Gasteiger partial charge in [0, 0.05) is 24.3 Å². The lowest BCUT2D eigenvalue weighted by Crippen LogP contribution is -2.19. The molecule has 1 amide bonds. The molecule has 1 fully saturated rings. The van der Waals surface area contributed by atoms with Crippen LogP contribution in [0.3, 0.4) is 0 Å². The number of benzene rings is 1. The van der Waals surface area contributed by atoms with Crippen molar-refractivity contribution in [3.63, 3.8) is 0 Å². The predicted molar refractivity (Wildman–Crippen MR) is 115 cm³/mol. The zero-order chi connectivity index (χ0) is 20.4. The summed E-state index contributed by atoms with van der Waals surface area (Å²) in [6, 6.07) is 7.76. The number of hydrogen-bond donors (Lipinski definition) is 1. The van der Waals surface area contributed by atoms with Crippen molar-refractivity contribution < 1.29 is 9.53 Å². The van der Waals surface area contributed by atoms with Crippen LogP contribution < -0.4 is 5.32 Å². The van der Waals surface area contributed by atoms with E-state index in [1.807, 2.05) is 36.7 Å².